The molecule has 4 nitrogen and oxygen atoms in total. The molecule has 0 saturated heterocycles. The van der Waals surface area contributed by atoms with Crippen LogP contribution in [0.5, 0.6) is 11.6 Å². The van der Waals surface area contributed by atoms with Crippen LogP contribution in [0.15, 0.2) is 54.2 Å². The van der Waals surface area contributed by atoms with E-state index in [0.717, 1.165) is 22.0 Å². The molecule has 0 atom stereocenters. The van der Waals surface area contributed by atoms with E-state index >= 15 is 0 Å². The van der Waals surface area contributed by atoms with Crippen molar-refractivity contribution in [1.29, 1.82) is 0 Å². The van der Waals surface area contributed by atoms with Gasteiger partial charge in [0, 0.05) is 30.3 Å². The van der Waals surface area contributed by atoms with Crippen molar-refractivity contribution in [3.63, 3.8) is 0 Å². The lowest BCUT2D eigenvalue weighted by Crippen LogP contribution is -1.91. The van der Waals surface area contributed by atoms with Crippen molar-refractivity contribution >= 4 is 17.0 Å². The van der Waals surface area contributed by atoms with Gasteiger partial charge in [-0.3, -0.25) is 0 Å². The Kier molecular flexibility index (Phi) is 3.60. The Labute approximate surface area is 121 Å². The predicted octanol–water partition coefficient (Wildman–Crippen LogP) is 4.04. The third kappa shape index (κ3) is 2.78. The third-order valence-corrected chi connectivity index (χ3v) is 3.60. The molecule has 5 heteroatoms. The molecule has 3 rings (SSSR count). The second-order valence-electron chi connectivity index (χ2n) is 4.10. The van der Waals surface area contributed by atoms with Gasteiger partial charge in [-0.1, -0.05) is 0 Å². The Morgan fingerprint density at radius 3 is 2.50 bits per heavy atom. The highest BCUT2D eigenvalue weighted by molar-refractivity contribution is 7.13. The highest BCUT2D eigenvalue weighted by atomic mass is 32.1. The summed E-state index contributed by atoms with van der Waals surface area (Å²) >= 11 is 1.62. The smallest absolute Gasteiger partial charge is 0.219 e. The maximum atomic E-state index is 5.69. The fourth-order valence-electron chi connectivity index (χ4n) is 1.74. The zero-order valence-electron chi connectivity index (χ0n) is 10.9. The number of pyridine rings is 1. The van der Waals surface area contributed by atoms with E-state index in [1.54, 1.807) is 23.7 Å². The van der Waals surface area contributed by atoms with Crippen LogP contribution in [0.1, 0.15) is 0 Å². The molecule has 0 saturated carbocycles. The van der Waals surface area contributed by atoms with Gasteiger partial charge in [-0.15, -0.1) is 11.3 Å². The SMILES string of the molecule is CNc1ccc(Oc2ccc(-c3nccs3)cc2)nc1. The quantitative estimate of drug-likeness (QED) is 0.785. The molecule has 0 unspecified atom stereocenters. The molecule has 0 radical (unpaired) electrons. The number of anilines is 1. The van der Waals surface area contributed by atoms with Crippen molar-refractivity contribution in [3.8, 4) is 22.2 Å². The topological polar surface area (TPSA) is 47.0 Å². The molecule has 1 aromatic carbocycles. The minimum Gasteiger partial charge on any atom is -0.439 e. The molecular formula is C15H13N3OS. The van der Waals surface area contributed by atoms with Gasteiger partial charge in [-0.05, 0) is 30.3 Å². The van der Waals surface area contributed by atoms with Crippen LogP contribution in [-0.2, 0) is 0 Å². The fraction of sp³-hybridized carbons (Fsp3) is 0.0667. The van der Waals surface area contributed by atoms with Crippen molar-refractivity contribution in [2.24, 2.45) is 0 Å². The standard InChI is InChI=1S/C15H13N3OS/c1-16-12-4-7-14(18-10-12)19-13-5-2-11(3-6-13)15-17-8-9-20-15/h2-10,16H,1H3. The van der Waals surface area contributed by atoms with Crippen LogP contribution >= 0.6 is 11.3 Å². The summed E-state index contributed by atoms with van der Waals surface area (Å²) in [6, 6.07) is 11.6. The normalized spacial score (nSPS) is 10.2. The van der Waals surface area contributed by atoms with Crippen LogP contribution in [-0.4, -0.2) is 17.0 Å². The average Bonchev–Trinajstić information content (AvgIpc) is 3.03. The number of nitrogens with zero attached hydrogens (tertiary/aromatic N) is 2. The van der Waals surface area contributed by atoms with Crippen molar-refractivity contribution < 1.29 is 4.74 Å². The monoisotopic (exact) mass is 283 g/mol. The van der Waals surface area contributed by atoms with E-state index in [1.165, 1.54) is 0 Å². The molecule has 0 fully saturated rings. The fourth-order valence-corrected chi connectivity index (χ4v) is 2.39. The van der Waals surface area contributed by atoms with Gasteiger partial charge in [-0.25, -0.2) is 9.97 Å². The van der Waals surface area contributed by atoms with Crippen LogP contribution in [0.2, 0.25) is 0 Å². The molecule has 3 aromatic rings. The zero-order chi connectivity index (χ0) is 13.8. The number of ether oxygens (including phenoxy) is 1. The Morgan fingerprint density at radius 1 is 1.05 bits per heavy atom. The molecule has 20 heavy (non-hydrogen) atoms. The lowest BCUT2D eigenvalue weighted by Gasteiger charge is -2.06. The molecule has 1 N–H and O–H groups in total. The van der Waals surface area contributed by atoms with E-state index in [2.05, 4.69) is 15.3 Å². The first-order chi connectivity index (χ1) is 9.85. The molecular weight excluding hydrogens is 270 g/mol. The molecule has 0 aliphatic rings. The lowest BCUT2D eigenvalue weighted by molar-refractivity contribution is 0.463. The summed E-state index contributed by atoms with van der Waals surface area (Å²) in [6.07, 6.45) is 3.54. The van der Waals surface area contributed by atoms with Gasteiger partial charge in [0.05, 0.1) is 11.9 Å². The summed E-state index contributed by atoms with van der Waals surface area (Å²) in [4.78, 5) is 8.50. The summed E-state index contributed by atoms with van der Waals surface area (Å²) in [7, 11) is 1.86. The van der Waals surface area contributed by atoms with Crippen LogP contribution in [0.25, 0.3) is 10.6 Å². The third-order valence-electron chi connectivity index (χ3n) is 2.78. The lowest BCUT2D eigenvalue weighted by atomic mass is 10.2. The molecule has 0 aliphatic carbocycles. The van der Waals surface area contributed by atoms with Gasteiger partial charge < -0.3 is 10.1 Å². The van der Waals surface area contributed by atoms with Gasteiger partial charge >= 0.3 is 0 Å². The predicted molar refractivity (Wildman–Crippen MR) is 81.4 cm³/mol. The first kappa shape index (κ1) is 12.6. The number of hydrogen-bond donors (Lipinski definition) is 1. The maximum Gasteiger partial charge on any atom is 0.219 e. The first-order valence-electron chi connectivity index (χ1n) is 6.17. The minimum atomic E-state index is 0.575. The minimum absolute atomic E-state index is 0.575. The highest BCUT2D eigenvalue weighted by Gasteiger charge is 2.02. The Balaban J connectivity index is 1.74. The summed E-state index contributed by atoms with van der Waals surface area (Å²) in [6.45, 7) is 0. The van der Waals surface area contributed by atoms with Gasteiger partial charge in [0.1, 0.15) is 10.8 Å². The number of thiazole rings is 1. The number of benzene rings is 1. The number of rotatable bonds is 4. The largest absolute Gasteiger partial charge is 0.439 e. The number of aromatic nitrogens is 2. The summed E-state index contributed by atoms with van der Waals surface area (Å²) < 4.78 is 5.69. The molecule has 2 heterocycles. The van der Waals surface area contributed by atoms with Crippen molar-refractivity contribution in [1.82, 2.24) is 9.97 Å². The Morgan fingerprint density at radius 2 is 1.90 bits per heavy atom. The van der Waals surface area contributed by atoms with Crippen molar-refractivity contribution in [2.45, 2.75) is 0 Å². The molecule has 100 valence electrons. The van der Waals surface area contributed by atoms with E-state index in [1.807, 2.05) is 48.8 Å². The Bertz CT molecular complexity index is 663. The van der Waals surface area contributed by atoms with E-state index < -0.39 is 0 Å². The van der Waals surface area contributed by atoms with Gasteiger partial charge in [0.25, 0.3) is 0 Å². The van der Waals surface area contributed by atoms with Gasteiger partial charge in [0.2, 0.25) is 5.88 Å². The molecule has 0 amide bonds. The average molecular weight is 283 g/mol. The maximum absolute atomic E-state index is 5.69. The van der Waals surface area contributed by atoms with Gasteiger partial charge in [-0.2, -0.15) is 0 Å². The van der Waals surface area contributed by atoms with Crippen LogP contribution < -0.4 is 10.1 Å². The summed E-state index contributed by atoms with van der Waals surface area (Å²) in [5.41, 5.74) is 2.04. The van der Waals surface area contributed by atoms with Crippen LogP contribution in [0.4, 0.5) is 5.69 Å². The van der Waals surface area contributed by atoms with Crippen molar-refractivity contribution in [3.05, 3.63) is 54.2 Å². The molecule has 0 spiro atoms. The number of hydrogen-bond acceptors (Lipinski definition) is 5. The van der Waals surface area contributed by atoms with E-state index in [0.29, 0.717) is 5.88 Å². The van der Waals surface area contributed by atoms with Gasteiger partial charge in [0.15, 0.2) is 0 Å². The van der Waals surface area contributed by atoms with E-state index in [-0.39, 0.29) is 0 Å². The van der Waals surface area contributed by atoms with Crippen molar-refractivity contribution in [2.75, 3.05) is 12.4 Å². The Hall–Kier alpha value is -2.40. The van der Waals surface area contributed by atoms with E-state index in [4.69, 9.17) is 4.74 Å². The highest BCUT2D eigenvalue weighted by Crippen LogP contribution is 2.26. The number of nitrogens with one attached hydrogen (secondary N) is 1. The zero-order valence-corrected chi connectivity index (χ0v) is 11.7. The van der Waals surface area contributed by atoms with Crippen LogP contribution in [0, 0.1) is 0 Å². The first-order valence-corrected chi connectivity index (χ1v) is 7.05. The molecule has 2 aromatic heterocycles. The molecule has 0 bridgehead atoms. The second kappa shape index (κ2) is 5.71. The summed E-state index contributed by atoms with van der Waals surface area (Å²) in [5.74, 6) is 1.33. The van der Waals surface area contributed by atoms with E-state index in [9.17, 15) is 0 Å². The summed E-state index contributed by atoms with van der Waals surface area (Å²) in [5, 5.41) is 5.99. The second-order valence-corrected chi connectivity index (χ2v) is 4.99. The van der Waals surface area contributed by atoms with Crippen LogP contribution in [0.3, 0.4) is 0 Å². The molecule has 0 aliphatic heterocycles.